The molecule has 0 amide bonds. The highest BCUT2D eigenvalue weighted by Gasteiger charge is 2.20. The van der Waals surface area contributed by atoms with Gasteiger partial charge in [-0.05, 0) is 57.0 Å². The molecule has 0 spiro atoms. The molecule has 1 atom stereocenters. The van der Waals surface area contributed by atoms with E-state index >= 15 is 0 Å². The number of aliphatic hydroxyl groups is 1. The molecule has 0 aromatic heterocycles. The summed E-state index contributed by atoms with van der Waals surface area (Å²) in [5.74, 6) is -0.383. The van der Waals surface area contributed by atoms with Gasteiger partial charge in [-0.25, -0.2) is 0 Å². The van der Waals surface area contributed by atoms with Crippen molar-refractivity contribution in [2.75, 3.05) is 26.2 Å². The summed E-state index contributed by atoms with van der Waals surface area (Å²) in [6, 6.07) is 14.1. The van der Waals surface area contributed by atoms with Crippen LogP contribution < -0.4 is 10.1 Å². The first-order valence-electron chi connectivity index (χ1n) is 11.0. The summed E-state index contributed by atoms with van der Waals surface area (Å²) in [5, 5.41) is 22.8. The summed E-state index contributed by atoms with van der Waals surface area (Å²) in [7, 11) is 0. The fourth-order valence-corrected chi connectivity index (χ4v) is 4.01. The number of ether oxygens (including phenoxy) is 1. The van der Waals surface area contributed by atoms with Crippen molar-refractivity contribution >= 4 is 5.97 Å². The van der Waals surface area contributed by atoms with Crippen LogP contribution in [-0.4, -0.2) is 59.5 Å². The van der Waals surface area contributed by atoms with E-state index in [1.54, 1.807) is 24.3 Å². The summed E-state index contributed by atoms with van der Waals surface area (Å²) in [6.07, 6.45) is 1.37. The first-order valence-corrected chi connectivity index (χ1v) is 11.0. The molecule has 0 radical (unpaired) electrons. The Bertz CT molecular complexity index is 862. The topological polar surface area (TPSA) is 82.0 Å². The Labute approximate surface area is 184 Å². The van der Waals surface area contributed by atoms with Gasteiger partial charge >= 0.3 is 5.97 Å². The Balaban J connectivity index is 1.38. The summed E-state index contributed by atoms with van der Waals surface area (Å²) in [5.41, 5.74) is 4.67. The lowest BCUT2D eigenvalue weighted by molar-refractivity contribution is -0.136. The smallest absolute Gasteiger partial charge is 0.307 e. The molecule has 3 rings (SSSR count). The van der Waals surface area contributed by atoms with E-state index in [0.717, 1.165) is 32.5 Å². The second kappa shape index (κ2) is 11.3. The Hall–Kier alpha value is -2.41. The second-order valence-corrected chi connectivity index (χ2v) is 8.53. The molecule has 3 N–H and O–H groups in total. The molecule has 6 heteroatoms. The molecule has 0 bridgehead atoms. The maximum atomic E-state index is 11.0. The number of hydrogen-bond acceptors (Lipinski definition) is 5. The lowest BCUT2D eigenvalue weighted by Crippen LogP contribution is -2.45. The van der Waals surface area contributed by atoms with Gasteiger partial charge in [0, 0.05) is 24.7 Å². The molecule has 0 saturated carbocycles. The third-order valence-electron chi connectivity index (χ3n) is 5.87. The number of aliphatic hydroxyl groups excluding tert-OH is 1. The third-order valence-corrected chi connectivity index (χ3v) is 5.87. The zero-order valence-electron chi connectivity index (χ0n) is 18.5. The van der Waals surface area contributed by atoms with Crippen LogP contribution in [0.15, 0.2) is 42.5 Å². The fraction of sp³-hybridized carbons (Fsp3) is 0.480. The van der Waals surface area contributed by atoms with Crippen molar-refractivity contribution in [2.24, 2.45) is 0 Å². The van der Waals surface area contributed by atoms with Crippen LogP contribution >= 0.6 is 0 Å². The van der Waals surface area contributed by atoms with Crippen molar-refractivity contribution in [2.45, 2.75) is 51.8 Å². The van der Waals surface area contributed by atoms with Gasteiger partial charge in [0.25, 0.3) is 0 Å². The number of aryl methyl sites for hydroxylation is 2. The van der Waals surface area contributed by atoms with E-state index in [1.807, 2.05) is 0 Å². The first-order chi connectivity index (χ1) is 14.9. The zero-order valence-corrected chi connectivity index (χ0v) is 18.5. The number of para-hydroxylation sites is 1. The summed E-state index contributed by atoms with van der Waals surface area (Å²) < 4.78 is 5.68. The van der Waals surface area contributed by atoms with E-state index in [9.17, 15) is 9.90 Å². The van der Waals surface area contributed by atoms with E-state index in [-0.39, 0.29) is 13.0 Å². The number of nitrogens with zero attached hydrogens (tertiary/aromatic N) is 1. The number of aliphatic carboxylic acids is 1. The molecule has 1 heterocycles. The number of carbonyl (C=O) groups is 1. The minimum Gasteiger partial charge on any atom is -0.491 e. The molecular formula is C25H34N2O4. The lowest BCUT2D eigenvalue weighted by Gasteiger charge is -2.33. The van der Waals surface area contributed by atoms with Crippen LogP contribution in [0.5, 0.6) is 5.75 Å². The molecule has 1 saturated heterocycles. The van der Waals surface area contributed by atoms with E-state index < -0.39 is 12.1 Å². The number of piperidine rings is 1. The lowest BCUT2D eigenvalue weighted by atomic mass is 10.0. The molecular weight excluding hydrogens is 392 g/mol. The zero-order chi connectivity index (χ0) is 22.2. The van der Waals surface area contributed by atoms with Gasteiger partial charge in [-0.1, -0.05) is 42.0 Å². The molecule has 0 aliphatic carbocycles. The van der Waals surface area contributed by atoms with E-state index in [4.69, 9.17) is 9.84 Å². The minimum absolute atomic E-state index is 0.0921. The van der Waals surface area contributed by atoms with Crippen molar-refractivity contribution in [3.8, 4) is 5.75 Å². The van der Waals surface area contributed by atoms with Crippen molar-refractivity contribution in [1.29, 1.82) is 0 Å². The SMILES string of the molecule is Cc1ccc(C)c(CN2CCC(NC[C@H](O)COc3ccccc3CC(=O)O)CC2)c1. The van der Waals surface area contributed by atoms with Crippen LogP contribution in [0, 0.1) is 13.8 Å². The molecule has 1 aliphatic heterocycles. The van der Waals surface area contributed by atoms with Crippen LogP contribution in [-0.2, 0) is 17.8 Å². The van der Waals surface area contributed by atoms with Crippen LogP contribution in [0.4, 0.5) is 0 Å². The van der Waals surface area contributed by atoms with Gasteiger partial charge in [0.1, 0.15) is 18.5 Å². The van der Waals surface area contributed by atoms with E-state index in [0.29, 0.717) is 23.9 Å². The van der Waals surface area contributed by atoms with E-state index in [2.05, 4.69) is 42.3 Å². The van der Waals surface area contributed by atoms with Crippen LogP contribution in [0.25, 0.3) is 0 Å². The van der Waals surface area contributed by atoms with Crippen molar-refractivity contribution in [3.05, 3.63) is 64.7 Å². The predicted octanol–water partition coefficient (Wildman–Crippen LogP) is 2.92. The minimum atomic E-state index is -0.901. The van der Waals surface area contributed by atoms with Crippen LogP contribution in [0.1, 0.15) is 35.1 Å². The number of carboxylic acids is 1. The standard InChI is InChI=1S/C25H34N2O4/c1-18-7-8-19(2)21(13-18)16-27-11-9-22(10-12-27)26-15-23(28)17-31-24-6-4-3-5-20(24)14-25(29)30/h3-8,13,22-23,26,28H,9-12,14-17H2,1-2H3,(H,29,30)/t23-/m0/s1. The monoisotopic (exact) mass is 426 g/mol. The Morgan fingerprint density at radius 3 is 2.65 bits per heavy atom. The Kier molecular flexibility index (Phi) is 8.46. The van der Waals surface area contributed by atoms with Gasteiger partial charge in [0.2, 0.25) is 0 Å². The Morgan fingerprint density at radius 2 is 1.90 bits per heavy atom. The van der Waals surface area contributed by atoms with Gasteiger partial charge in [0.15, 0.2) is 0 Å². The summed E-state index contributed by atoms with van der Waals surface area (Å²) in [6.45, 7) is 7.98. The number of likely N-dealkylation sites (tertiary alicyclic amines) is 1. The average molecular weight is 427 g/mol. The van der Waals surface area contributed by atoms with Gasteiger partial charge in [-0.2, -0.15) is 0 Å². The van der Waals surface area contributed by atoms with Gasteiger partial charge in [-0.3, -0.25) is 9.69 Å². The van der Waals surface area contributed by atoms with Crippen LogP contribution in [0.3, 0.4) is 0 Å². The number of hydrogen-bond donors (Lipinski definition) is 3. The highest BCUT2D eigenvalue weighted by molar-refractivity contribution is 5.71. The fourth-order valence-electron chi connectivity index (χ4n) is 4.01. The quantitative estimate of drug-likeness (QED) is 0.542. The molecule has 168 valence electrons. The molecule has 31 heavy (non-hydrogen) atoms. The molecule has 6 nitrogen and oxygen atoms in total. The predicted molar refractivity (Wildman–Crippen MR) is 122 cm³/mol. The Morgan fingerprint density at radius 1 is 1.16 bits per heavy atom. The number of carboxylic acid groups (broad SMARTS) is 1. The van der Waals surface area contributed by atoms with Gasteiger partial charge < -0.3 is 20.3 Å². The van der Waals surface area contributed by atoms with E-state index in [1.165, 1.54) is 16.7 Å². The largest absolute Gasteiger partial charge is 0.491 e. The summed E-state index contributed by atoms with van der Waals surface area (Å²) >= 11 is 0. The molecule has 2 aromatic rings. The highest BCUT2D eigenvalue weighted by Crippen LogP contribution is 2.19. The van der Waals surface area contributed by atoms with Gasteiger partial charge in [0.05, 0.1) is 6.42 Å². The van der Waals surface area contributed by atoms with Crippen LogP contribution in [0.2, 0.25) is 0 Å². The molecule has 1 aliphatic rings. The van der Waals surface area contributed by atoms with Gasteiger partial charge in [-0.15, -0.1) is 0 Å². The van der Waals surface area contributed by atoms with Crippen molar-refractivity contribution < 1.29 is 19.7 Å². The normalized spacial score (nSPS) is 16.2. The first kappa shape index (κ1) is 23.3. The number of rotatable bonds is 10. The molecule has 2 aromatic carbocycles. The number of benzene rings is 2. The average Bonchev–Trinajstić information content (AvgIpc) is 2.75. The van der Waals surface area contributed by atoms with Crippen molar-refractivity contribution in [1.82, 2.24) is 10.2 Å². The van der Waals surface area contributed by atoms with Crippen molar-refractivity contribution in [3.63, 3.8) is 0 Å². The maximum absolute atomic E-state index is 11.0. The highest BCUT2D eigenvalue weighted by atomic mass is 16.5. The maximum Gasteiger partial charge on any atom is 0.307 e. The molecule has 0 unspecified atom stereocenters. The molecule has 1 fully saturated rings. The second-order valence-electron chi connectivity index (χ2n) is 8.53. The third kappa shape index (κ3) is 7.35. The summed E-state index contributed by atoms with van der Waals surface area (Å²) in [4.78, 5) is 13.5. The number of nitrogens with one attached hydrogen (secondary N) is 1.